The molecule has 1 rings (SSSR count). The highest BCUT2D eigenvalue weighted by Gasteiger charge is 2.06. The molecule has 1 aromatic rings. The maximum Gasteiger partial charge on any atom is 0.338 e. The van der Waals surface area contributed by atoms with E-state index < -0.39 is 5.97 Å². The molecule has 66 valence electrons. The molecule has 4 heteroatoms. The first-order chi connectivity index (χ1) is 5.74. The van der Waals surface area contributed by atoms with Crippen molar-refractivity contribution in [3.8, 4) is 0 Å². The third-order valence-corrected chi connectivity index (χ3v) is 1.45. The van der Waals surface area contributed by atoms with Crippen LogP contribution < -0.4 is 5.32 Å². The van der Waals surface area contributed by atoms with Gasteiger partial charge in [-0.05, 0) is 12.6 Å². The van der Waals surface area contributed by atoms with Gasteiger partial charge in [-0.25, -0.2) is 4.79 Å². The van der Waals surface area contributed by atoms with E-state index in [0.717, 1.165) is 6.54 Å². The summed E-state index contributed by atoms with van der Waals surface area (Å²) in [4.78, 5) is 10.4. The van der Waals surface area contributed by atoms with Crippen LogP contribution in [0.1, 0.15) is 23.0 Å². The zero-order valence-electron chi connectivity index (χ0n) is 6.83. The molecular formula is C8H11NO3. The van der Waals surface area contributed by atoms with Gasteiger partial charge in [0.2, 0.25) is 0 Å². The van der Waals surface area contributed by atoms with Crippen LogP contribution in [0.15, 0.2) is 16.7 Å². The second-order valence-corrected chi connectivity index (χ2v) is 2.39. The van der Waals surface area contributed by atoms with Crippen molar-refractivity contribution in [1.29, 1.82) is 0 Å². The van der Waals surface area contributed by atoms with E-state index in [9.17, 15) is 4.79 Å². The summed E-state index contributed by atoms with van der Waals surface area (Å²) in [5.74, 6) is -0.309. The number of carboxylic acid groups (broad SMARTS) is 1. The van der Waals surface area contributed by atoms with Crippen LogP contribution in [0.5, 0.6) is 0 Å². The standard InChI is InChI=1S/C8H11NO3/c1-2-9-4-7-3-6(5-12-7)8(10)11/h3,5,9H,2,4H2,1H3,(H,10,11). The number of carbonyl (C=O) groups is 1. The van der Waals surface area contributed by atoms with Crippen LogP contribution in [-0.4, -0.2) is 17.6 Å². The number of hydrogen-bond acceptors (Lipinski definition) is 3. The van der Waals surface area contributed by atoms with Crippen molar-refractivity contribution in [2.75, 3.05) is 6.54 Å². The fourth-order valence-corrected chi connectivity index (χ4v) is 0.834. The lowest BCUT2D eigenvalue weighted by molar-refractivity contribution is 0.0696. The van der Waals surface area contributed by atoms with Crippen LogP contribution in [0.4, 0.5) is 0 Å². The molecule has 0 spiro atoms. The van der Waals surface area contributed by atoms with Gasteiger partial charge in [0.25, 0.3) is 0 Å². The second-order valence-electron chi connectivity index (χ2n) is 2.39. The SMILES string of the molecule is CCNCc1cc(C(=O)O)co1. The van der Waals surface area contributed by atoms with Crippen LogP contribution in [0, 0.1) is 0 Å². The molecule has 0 unspecified atom stereocenters. The second kappa shape index (κ2) is 3.92. The molecule has 0 saturated heterocycles. The van der Waals surface area contributed by atoms with E-state index in [4.69, 9.17) is 9.52 Å². The van der Waals surface area contributed by atoms with Crippen molar-refractivity contribution in [1.82, 2.24) is 5.32 Å². The molecule has 12 heavy (non-hydrogen) atoms. The lowest BCUT2D eigenvalue weighted by Crippen LogP contribution is -2.10. The molecule has 0 aromatic carbocycles. The highest BCUT2D eigenvalue weighted by molar-refractivity contribution is 5.87. The van der Waals surface area contributed by atoms with Gasteiger partial charge in [0.05, 0.1) is 12.1 Å². The number of rotatable bonds is 4. The van der Waals surface area contributed by atoms with Crippen molar-refractivity contribution in [3.63, 3.8) is 0 Å². The number of furan rings is 1. The summed E-state index contributed by atoms with van der Waals surface area (Å²) in [7, 11) is 0. The molecule has 1 aromatic heterocycles. The van der Waals surface area contributed by atoms with Crippen LogP contribution in [0.3, 0.4) is 0 Å². The first-order valence-corrected chi connectivity index (χ1v) is 3.75. The van der Waals surface area contributed by atoms with Gasteiger partial charge in [-0.2, -0.15) is 0 Å². The molecule has 1 heterocycles. The fourth-order valence-electron chi connectivity index (χ4n) is 0.834. The Labute approximate surface area is 70.2 Å². The van der Waals surface area contributed by atoms with E-state index in [2.05, 4.69) is 5.32 Å². The minimum Gasteiger partial charge on any atom is -0.478 e. The maximum absolute atomic E-state index is 10.4. The molecule has 0 atom stereocenters. The van der Waals surface area contributed by atoms with Gasteiger partial charge in [0.15, 0.2) is 0 Å². The number of aromatic carboxylic acids is 1. The molecule has 0 amide bonds. The predicted molar refractivity (Wildman–Crippen MR) is 43.0 cm³/mol. The molecular weight excluding hydrogens is 158 g/mol. The van der Waals surface area contributed by atoms with Crippen LogP contribution in [0.2, 0.25) is 0 Å². The van der Waals surface area contributed by atoms with E-state index in [1.54, 1.807) is 0 Å². The molecule has 0 aliphatic carbocycles. The predicted octanol–water partition coefficient (Wildman–Crippen LogP) is 1.09. The normalized spacial score (nSPS) is 10.1. The average molecular weight is 169 g/mol. The van der Waals surface area contributed by atoms with Crippen molar-refractivity contribution in [3.05, 3.63) is 23.7 Å². The van der Waals surface area contributed by atoms with Crippen LogP contribution in [-0.2, 0) is 6.54 Å². The summed E-state index contributed by atoms with van der Waals surface area (Å²) in [6.45, 7) is 3.38. The molecule has 0 radical (unpaired) electrons. The fraction of sp³-hybridized carbons (Fsp3) is 0.375. The van der Waals surface area contributed by atoms with Gasteiger partial charge in [-0.3, -0.25) is 0 Å². The Morgan fingerprint density at radius 1 is 1.75 bits per heavy atom. The average Bonchev–Trinajstić information content (AvgIpc) is 2.48. The van der Waals surface area contributed by atoms with Crippen molar-refractivity contribution >= 4 is 5.97 Å². The zero-order chi connectivity index (χ0) is 8.97. The summed E-state index contributed by atoms with van der Waals surface area (Å²) < 4.78 is 4.98. The van der Waals surface area contributed by atoms with E-state index in [-0.39, 0.29) is 5.56 Å². The van der Waals surface area contributed by atoms with Crippen LogP contribution >= 0.6 is 0 Å². The van der Waals surface area contributed by atoms with Gasteiger partial charge in [-0.15, -0.1) is 0 Å². The molecule has 4 nitrogen and oxygen atoms in total. The van der Waals surface area contributed by atoms with Gasteiger partial charge >= 0.3 is 5.97 Å². The first kappa shape index (κ1) is 8.80. The highest BCUT2D eigenvalue weighted by atomic mass is 16.4. The van der Waals surface area contributed by atoms with E-state index in [1.807, 2.05) is 6.92 Å². The number of hydrogen-bond donors (Lipinski definition) is 2. The summed E-state index contributed by atoms with van der Waals surface area (Å²) >= 11 is 0. The van der Waals surface area contributed by atoms with Gasteiger partial charge in [0.1, 0.15) is 12.0 Å². The van der Waals surface area contributed by atoms with Crippen molar-refractivity contribution < 1.29 is 14.3 Å². The topological polar surface area (TPSA) is 62.5 Å². The third kappa shape index (κ3) is 2.10. The Morgan fingerprint density at radius 2 is 2.50 bits per heavy atom. The van der Waals surface area contributed by atoms with Gasteiger partial charge < -0.3 is 14.8 Å². The van der Waals surface area contributed by atoms with Gasteiger partial charge in [-0.1, -0.05) is 6.92 Å². The lowest BCUT2D eigenvalue weighted by atomic mass is 10.3. The lowest BCUT2D eigenvalue weighted by Gasteiger charge is -1.94. The molecule has 0 aliphatic rings. The zero-order valence-corrected chi connectivity index (χ0v) is 6.83. The summed E-state index contributed by atoms with van der Waals surface area (Å²) in [5.41, 5.74) is 0.197. The van der Waals surface area contributed by atoms with Crippen molar-refractivity contribution in [2.45, 2.75) is 13.5 Å². The quantitative estimate of drug-likeness (QED) is 0.708. The molecule has 0 bridgehead atoms. The Kier molecular flexibility index (Phi) is 2.88. The summed E-state index contributed by atoms with van der Waals surface area (Å²) in [6.07, 6.45) is 1.25. The smallest absolute Gasteiger partial charge is 0.338 e. The van der Waals surface area contributed by atoms with Crippen molar-refractivity contribution in [2.24, 2.45) is 0 Å². The minimum absolute atomic E-state index is 0.197. The minimum atomic E-state index is -0.957. The van der Waals surface area contributed by atoms with Gasteiger partial charge in [0, 0.05) is 0 Å². The highest BCUT2D eigenvalue weighted by Crippen LogP contribution is 2.06. The Balaban J connectivity index is 2.58. The third-order valence-electron chi connectivity index (χ3n) is 1.45. The Morgan fingerprint density at radius 3 is 3.00 bits per heavy atom. The van der Waals surface area contributed by atoms with Crippen LogP contribution in [0.25, 0.3) is 0 Å². The molecule has 0 aliphatic heterocycles. The monoisotopic (exact) mass is 169 g/mol. The molecule has 2 N–H and O–H groups in total. The largest absolute Gasteiger partial charge is 0.478 e. The molecule has 0 fully saturated rings. The summed E-state index contributed by atoms with van der Waals surface area (Å²) in [6, 6.07) is 1.52. The Bertz CT molecular complexity index is 267. The van der Waals surface area contributed by atoms with E-state index in [0.29, 0.717) is 12.3 Å². The van der Waals surface area contributed by atoms with E-state index >= 15 is 0 Å². The van der Waals surface area contributed by atoms with E-state index in [1.165, 1.54) is 12.3 Å². The number of nitrogens with one attached hydrogen (secondary N) is 1. The first-order valence-electron chi connectivity index (χ1n) is 3.75. The Hall–Kier alpha value is -1.29. The maximum atomic E-state index is 10.4. The summed E-state index contributed by atoms with van der Waals surface area (Å²) in [5, 5.41) is 11.6. The number of carboxylic acids is 1. The molecule has 0 saturated carbocycles.